The number of nitrogens with one attached hydrogen (secondary N) is 1. The molecule has 0 saturated carbocycles. The molecule has 1 fully saturated rings. The standard InChI is InChI=1S/C22H24N4O2.CH2O2/c1-16-14-23-21(22(27)24-15-20-4-2-11-28-20)13-18(16)12-17-5-7-19(8-6-17)26-10-3-9-25-26;2-1-3/h3,5-10,13-14,20H,2,4,11-12,15H2,1H3,(H,24,27);1H,(H,2,3). The van der Waals surface area contributed by atoms with Crippen molar-refractivity contribution in [2.45, 2.75) is 32.3 Å². The van der Waals surface area contributed by atoms with Crippen LogP contribution >= 0.6 is 0 Å². The number of carbonyl (C=O) groups is 2. The Morgan fingerprint density at radius 1 is 1.35 bits per heavy atom. The molecule has 1 aliphatic heterocycles. The first-order valence-corrected chi connectivity index (χ1v) is 10.1. The van der Waals surface area contributed by atoms with Gasteiger partial charge in [0, 0.05) is 31.7 Å². The maximum atomic E-state index is 12.5. The number of carbonyl (C=O) groups excluding carboxylic acids is 1. The van der Waals surface area contributed by atoms with Crippen LogP contribution in [0.5, 0.6) is 0 Å². The lowest BCUT2D eigenvalue weighted by molar-refractivity contribution is -0.122. The number of rotatable bonds is 6. The van der Waals surface area contributed by atoms with Crippen LogP contribution in [0, 0.1) is 6.92 Å². The molecular formula is C23H26N4O4. The molecule has 31 heavy (non-hydrogen) atoms. The van der Waals surface area contributed by atoms with E-state index in [1.807, 2.05) is 42.1 Å². The molecule has 0 radical (unpaired) electrons. The quantitative estimate of drug-likeness (QED) is 0.592. The average molecular weight is 422 g/mol. The molecule has 1 saturated heterocycles. The third-order valence-electron chi connectivity index (χ3n) is 5.06. The van der Waals surface area contributed by atoms with Crippen molar-refractivity contribution >= 4 is 12.4 Å². The number of aryl methyl sites for hydroxylation is 1. The molecule has 1 aromatic carbocycles. The molecule has 162 valence electrons. The topological polar surface area (TPSA) is 106 Å². The average Bonchev–Trinajstić information content (AvgIpc) is 3.49. The van der Waals surface area contributed by atoms with E-state index < -0.39 is 0 Å². The van der Waals surface area contributed by atoms with Gasteiger partial charge in [-0.05, 0) is 67.1 Å². The molecule has 0 spiro atoms. The highest BCUT2D eigenvalue weighted by atomic mass is 16.5. The van der Waals surface area contributed by atoms with E-state index in [1.165, 1.54) is 5.56 Å². The summed E-state index contributed by atoms with van der Waals surface area (Å²) < 4.78 is 7.39. The Morgan fingerprint density at radius 3 is 2.77 bits per heavy atom. The van der Waals surface area contributed by atoms with E-state index in [9.17, 15) is 4.79 Å². The van der Waals surface area contributed by atoms with E-state index in [1.54, 1.807) is 12.4 Å². The zero-order chi connectivity index (χ0) is 22.1. The van der Waals surface area contributed by atoms with Crippen LogP contribution in [0.2, 0.25) is 0 Å². The molecule has 3 aromatic rings. The normalized spacial score (nSPS) is 15.1. The van der Waals surface area contributed by atoms with Gasteiger partial charge < -0.3 is 15.2 Å². The summed E-state index contributed by atoms with van der Waals surface area (Å²) in [6, 6.07) is 12.1. The van der Waals surface area contributed by atoms with Crippen molar-refractivity contribution in [2.24, 2.45) is 0 Å². The minimum Gasteiger partial charge on any atom is -0.483 e. The molecule has 3 heterocycles. The van der Waals surface area contributed by atoms with Gasteiger partial charge in [-0.25, -0.2) is 4.68 Å². The van der Waals surface area contributed by atoms with Crippen molar-refractivity contribution in [2.75, 3.05) is 13.2 Å². The maximum absolute atomic E-state index is 12.5. The summed E-state index contributed by atoms with van der Waals surface area (Å²) in [5.74, 6) is -0.147. The van der Waals surface area contributed by atoms with Crippen LogP contribution in [-0.4, -0.2) is 51.5 Å². The number of aromatic nitrogens is 3. The fraction of sp³-hybridized carbons (Fsp3) is 0.304. The number of nitrogens with zero attached hydrogens (tertiary/aromatic N) is 3. The molecule has 2 N–H and O–H groups in total. The van der Waals surface area contributed by atoms with Gasteiger partial charge in [-0.1, -0.05) is 12.1 Å². The van der Waals surface area contributed by atoms with Crippen molar-refractivity contribution in [3.05, 3.63) is 77.4 Å². The first kappa shape index (κ1) is 22.2. The molecule has 1 unspecified atom stereocenters. The summed E-state index contributed by atoms with van der Waals surface area (Å²) in [6.45, 7) is 3.10. The Bertz CT molecular complexity index is 981. The van der Waals surface area contributed by atoms with Crippen molar-refractivity contribution in [3.8, 4) is 5.69 Å². The second-order valence-electron chi connectivity index (χ2n) is 7.24. The summed E-state index contributed by atoms with van der Waals surface area (Å²) in [6.07, 6.45) is 8.40. The van der Waals surface area contributed by atoms with E-state index in [0.29, 0.717) is 12.2 Å². The number of carboxylic acid groups (broad SMARTS) is 1. The third-order valence-corrected chi connectivity index (χ3v) is 5.06. The predicted octanol–water partition coefficient (Wildman–Crippen LogP) is 2.78. The van der Waals surface area contributed by atoms with Crippen LogP contribution in [0.25, 0.3) is 5.69 Å². The lowest BCUT2D eigenvalue weighted by Crippen LogP contribution is -2.32. The highest BCUT2D eigenvalue weighted by molar-refractivity contribution is 5.92. The molecule has 0 aliphatic carbocycles. The summed E-state index contributed by atoms with van der Waals surface area (Å²) in [4.78, 5) is 25.1. The van der Waals surface area contributed by atoms with Gasteiger partial charge in [0.1, 0.15) is 5.69 Å². The first-order valence-electron chi connectivity index (χ1n) is 10.1. The van der Waals surface area contributed by atoms with Crippen molar-refractivity contribution in [3.63, 3.8) is 0 Å². The fourth-order valence-corrected chi connectivity index (χ4v) is 3.39. The number of hydrogen-bond acceptors (Lipinski definition) is 5. The van der Waals surface area contributed by atoms with Crippen molar-refractivity contribution in [1.29, 1.82) is 0 Å². The number of amides is 1. The van der Waals surface area contributed by atoms with E-state index in [0.717, 1.165) is 42.7 Å². The number of ether oxygens (including phenoxy) is 1. The predicted molar refractivity (Wildman–Crippen MR) is 115 cm³/mol. The first-order chi connectivity index (χ1) is 15.1. The van der Waals surface area contributed by atoms with Crippen LogP contribution in [-0.2, 0) is 16.0 Å². The second-order valence-corrected chi connectivity index (χ2v) is 7.24. The molecule has 2 aromatic heterocycles. The van der Waals surface area contributed by atoms with Crippen LogP contribution < -0.4 is 5.32 Å². The summed E-state index contributed by atoms with van der Waals surface area (Å²) in [7, 11) is 0. The van der Waals surface area contributed by atoms with Gasteiger partial charge in [-0.15, -0.1) is 0 Å². The van der Waals surface area contributed by atoms with Crippen LogP contribution in [0.3, 0.4) is 0 Å². The summed E-state index contributed by atoms with van der Waals surface area (Å²) in [5.41, 5.74) is 4.83. The monoisotopic (exact) mass is 422 g/mol. The third kappa shape index (κ3) is 6.23. The largest absolute Gasteiger partial charge is 0.483 e. The van der Waals surface area contributed by atoms with Crippen LogP contribution in [0.4, 0.5) is 0 Å². The molecule has 8 heteroatoms. The highest BCUT2D eigenvalue weighted by Crippen LogP contribution is 2.17. The van der Waals surface area contributed by atoms with Crippen molar-refractivity contribution in [1.82, 2.24) is 20.1 Å². The van der Waals surface area contributed by atoms with Gasteiger partial charge >= 0.3 is 0 Å². The Morgan fingerprint density at radius 2 is 2.13 bits per heavy atom. The molecule has 1 aliphatic rings. The molecule has 4 rings (SSSR count). The second kappa shape index (κ2) is 11.0. The fourth-order valence-electron chi connectivity index (χ4n) is 3.39. The van der Waals surface area contributed by atoms with E-state index in [4.69, 9.17) is 14.6 Å². The Hall–Kier alpha value is -3.52. The minimum absolute atomic E-state index is 0.127. The van der Waals surface area contributed by atoms with Crippen LogP contribution in [0.15, 0.2) is 55.0 Å². The smallest absolute Gasteiger partial charge is 0.290 e. The van der Waals surface area contributed by atoms with Gasteiger partial charge in [0.15, 0.2) is 0 Å². The molecule has 8 nitrogen and oxygen atoms in total. The van der Waals surface area contributed by atoms with E-state index in [2.05, 4.69) is 27.5 Å². The Labute approximate surface area is 180 Å². The number of benzene rings is 1. The van der Waals surface area contributed by atoms with Gasteiger partial charge in [0.2, 0.25) is 0 Å². The van der Waals surface area contributed by atoms with Gasteiger partial charge in [-0.3, -0.25) is 14.6 Å². The zero-order valence-electron chi connectivity index (χ0n) is 17.4. The molecule has 1 atom stereocenters. The van der Waals surface area contributed by atoms with Crippen molar-refractivity contribution < 1.29 is 19.4 Å². The summed E-state index contributed by atoms with van der Waals surface area (Å²) >= 11 is 0. The molecular weight excluding hydrogens is 396 g/mol. The lowest BCUT2D eigenvalue weighted by Gasteiger charge is -2.12. The van der Waals surface area contributed by atoms with Gasteiger partial charge in [0.05, 0.1) is 11.8 Å². The minimum atomic E-state index is -0.250. The van der Waals surface area contributed by atoms with E-state index in [-0.39, 0.29) is 18.5 Å². The highest BCUT2D eigenvalue weighted by Gasteiger charge is 2.17. The summed E-state index contributed by atoms with van der Waals surface area (Å²) in [5, 5.41) is 14.1. The molecule has 1 amide bonds. The van der Waals surface area contributed by atoms with Crippen LogP contribution in [0.1, 0.15) is 40.0 Å². The zero-order valence-corrected chi connectivity index (χ0v) is 17.4. The lowest BCUT2D eigenvalue weighted by atomic mass is 10.0. The Balaban J connectivity index is 0.000000858. The number of pyridine rings is 1. The molecule has 0 bridgehead atoms. The Kier molecular flexibility index (Phi) is 7.89. The van der Waals surface area contributed by atoms with Gasteiger partial charge in [-0.2, -0.15) is 5.10 Å². The maximum Gasteiger partial charge on any atom is 0.290 e. The van der Waals surface area contributed by atoms with Gasteiger partial charge in [0.25, 0.3) is 12.4 Å². The SMILES string of the molecule is Cc1cnc(C(=O)NCC2CCCO2)cc1Cc1ccc(-n2cccn2)cc1.O=CO. The van der Waals surface area contributed by atoms with E-state index >= 15 is 0 Å². The number of hydrogen-bond donors (Lipinski definition) is 2.